The Kier molecular flexibility index (Phi) is 5.12. The Morgan fingerprint density at radius 2 is 2.04 bits per heavy atom. The molecule has 1 aliphatic heterocycles. The van der Waals surface area contributed by atoms with E-state index in [0.29, 0.717) is 27.9 Å². The number of hydrogen-bond donors (Lipinski definition) is 1. The van der Waals surface area contributed by atoms with Gasteiger partial charge in [0, 0.05) is 5.70 Å². The Morgan fingerprint density at radius 1 is 1.35 bits per heavy atom. The van der Waals surface area contributed by atoms with Gasteiger partial charge < -0.3 is 14.8 Å². The number of allylic oxidation sites excluding steroid dienone is 1. The van der Waals surface area contributed by atoms with Gasteiger partial charge in [0.25, 0.3) is 0 Å². The minimum Gasteiger partial charge on any atom is -0.466 e. The van der Waals surface area contributed by atoms with Gasteiger partial charge >= 0.3 is 12.6 Å². The number of thioether (sulfide) groups is 1. The molecule has 1 N–H and O–H groups in total. The molecule has 3 rings (SSSR count). The number of carbonyl (C=O) groups excluding carboxylic acids is 1. The van der Waals surface area contributed by atoms with Crippen molar-refractivity contribution in [1.82, 2.24) is 14.8 Å². The predicted octanol–water partition coefficient (Wildman–Crippen LogP) is 3.06. The monoisotopic (exact) mass is 382 g/mol. The normalized spacial score (nSPS) is 16.3. The van der Waals surface area contributed by atoms with Gasteiger partial charge in [0.2, 0.25) is 11.1 Å². The van der Waals surface area contributed by atoms with Crippen molar-refractivity contribution in [2.45, 2.75) is 24.7 Å². The van der Waals surface area contributed by atoms with Gasteiger partial charge in [0.15, 0.2) is 0 Å². The van der Waals surface area contributed by atoms with E-state index in [-0.39, 0.29) is 5.75 Å². The van der Waals surface area contributed by atoms with E-state index in [2.05, 4.69) is 20.1 Å². The quantitative estimate of drug-likeness (QED) is 0.629. The average Bonchev–Trinajstić information content (AvgIpc) is 3.03. The minimum absolute atomic E-state index is 0.0293. The topological polar surface area (TPSA) is 78.3 Å². The number of nitrogens with zero attached hydrogens (tertiary/aromatic N) is 3. The molecule has 0 spiro atoms. The fourth-order valence-electron chi connectivity index (χ4n) is 2.73. The summed E-state index contributed by atoms with van der Waals surface area (Å²) in [4.78, 5) is 16.7. The molecule has 1 aliphatic rings. The largest absolute Gasteiger partial charge is 0.466 e. The fourth-order valence-corrected chi connectivity index (χ4v) is 3.08. The zero-order valence-electron chi connectivity index (χ0n) is 14.2. The van der Waals surface area contributed by atoms with Crippen molar-refractivity contribution >= 4 is 23.7 Å². The highest BCUT2D eigenvalue weighted by Crippen LogP contribution is 2.36. The number of anilines is 1. The maximum absolute atomic E-state index is 12.4. The molecule has 0 aliphatic carbocycles. The van der Waals surface area contributed by atoms with E-state index in [1.165, 1.54) is 31.0 Å². The van der Waals surface area contributed by atoms with Crippen molar-refractivity contribution in [3.8, 4) is 5.75 Å². The number of carbonyl (C=O) groups is 1. The lowest BCUT2D eigenvalue weighted by molar-refractivity contribution is -0.136. The summed E-state index contributed by atoms with van der Waals surface area (Å²) in [5.74, 6) is -0.00112. The summed E-state index contributed by atoms with van der Waals surface area (Å²) in [6.45, 7) is -1.16. The molecular weight excluding hydrogens is 366 g/mol. The van der Waals surface area contributed by atoms with E-state index in [1.54, 1.807) is 23.7 Å². The average molecular weight is 382 g/mol. The maximum atomic E-state index is 12.4. The van der Waals surface area contributed by atoms with Crippen LogP contribution < -0.4 is 10.1 Å². The molecule has 2 heterocycles. The number of alkyl halides is 2. The van der Waals surface area contributed by atoms with Gasteiger partial charge in [0.1, 0.15) is 11.8 Å². The summed E-state index contributed by atoms with van der Waals surface area (Å²) in [6.07, 6.45) is 1.84. The number of ether oxygens (including phenoxy) is 2. The van der Waals surface area contributed by atoms with Gasteiger partial charge in [-0.1, -0.05) is 23.9 Å². The molecule has 1 unspecified atom stereocenters. The second-order valence-electron chi connectivity index (χ2n) is 5.37. The molecule has 1 aromatic carbocycles. The molecule has 2 aromatic rings. The Hall–Kier alpha value is -2.62. The van der Waals surface area contributed by atoms with Crippen molar-refractivity contribution < 1.29 is 23.0 Å². The molecule has 0 amide bonds. The van der Waals surface area contributed by atoms with Gasteiger partial charge in [-0.25, -0.2) is 9.48 Å². The van der Waals surface area contributed by atoms with Crippen LogP contribution in [0.2, 0.25) is 0 Å². The third kappa shape index (κ3) is 3.36. The molecule has 0 saturated carbocycles. The number of nitrogens with one attached hydrogen (secondary N) is 1. The summed E-state index contributed by atoms with van der Waals surface area (Å²) in [5, 5.41) is 8.00. The fraction of sp³-hybridized carbons (Fsp3) is 0.312. The molecule has 1 aromatic heterocycles. The van der Waals surface area contributed by atoms with Crippen LogP contribution in [-0.4, -0.2) is 40.7 Å². The van der Waals surface area contributed by atoms with Gasteiger partial charge in [-0.3, -0.25) is 0 Å². The number of hydrogen-bond acceptors (Lipinski definition) is 7. The number of rotatable bonds is 5. The lowest BCUT2D eigenvalue weighted by Gasteiger charge is -2.27. The van der Waals surface area contributed by atoms with Gasteiger partial charge in [-0.2, -0.15) is 13.8 Å². The Balaban J connectivity index is 2.08. The maximum Gasteiger partial charge on any atom is 0.387 e. The first-order valence-corrected chi connectivity index (χ1v) is 8.78. The second kappa shape index (κ2) is 7.32. The summed E-state index contributed by atoms with van der Waals surface area (Å²) < 4.78 is 35.6. The standard InChI is InChI=1S/C16H16F2N4O3S/c1-8-11(13(23)24-2)12(22-15(19-8)20-16(21-22)26-3)9-4-6-10(7-5-9)25-14(17)18/h4-7,12,14H,1-3H3,(H,19,20,21). The number of methoxy groups -OCH3 is 1. The van der Waals surface area contributed by atoms with Crippen LogP contribution in [0.3, 0.4) is 0 Å². The highest BCUT2D eigenvalue weighted by Gasteiger charge is 2.34. The highest BCUT2D eigenvalue weighted by molar-refractivity contribution is 7.98. The number of aromatic nitrogens is 3. The first-order chi connectivity index (χ1) is 12.4. The second-order valence-corrected chi connectivity index (χ2v) is 6.15. The Morgan fingerprint density at radius 3 is 2.62 bits per heavy atom. The van der Waals surface area contributed by atoms with Crippen molar-refractivity contribution in [1.29, 1.82) is 0 Å². The number of fused-ring (bicyclic) bond motifs is 1. The van der Waals surface area contributed by atoms with Crippen LogP contribution in [0.15, 0.2) is 40.7 Å². The summed E-state index contributed by atoms with van der Waals surface area (Å²) >= 11 is 1.36. The zero-order chi connectivity index (χ0) is 18.8. The van der Waals surface area contributed by atoms with Crippen LogP contribution >= 0.6 is 11.8 Å². The third-order valence-electron chi connectivity index (χ3n) is 3.84. The van der Waals surface area contributed by atoms with Crippen molar-refractivity contribution in [3.63, 3.8) is 0 Å². The van der Waals surface area contributed by atoms with E-state index in [4.69, 9.17) is 4.74 Å². The molecule has 138 valence electrons. The SMILES string of the molecule is COC(=O)C1=C(C)Nc2nc(SC)nn2C1c1ccc(OC(F)F)cc1. The molecule has 26 heavy (non-hydrogen) atoms. The van der Waals surface area contributed by atoms with Crippen LogP contribution in [0.4, 0.5) is 14.7 Å². The van der Waals surface area contributed by atoms with E-state index >= 15 is 0 Å². The first-order valence-electron chi connectivity index (χ1n) is 7.56. The number of benzene rings is 1. The molecule has 0 saturated heterocycles. The predicted molar refractivity (Wildman–Crippen MR) is 91.4 cm³/mol. The summed E-state index contributed by atoms with van der Waals surface area (Å²) in [7, 11) is 1.30. The first kappa shape index (κ1) is 18.2. The zero-order valence-corrected chi connectivity index (χ0v) is 15.0. The van der Waals surface area contributed by atoms with Crippen LogP contribution in [0.5, 0.6) is 5.75 Å². The molecule has 7 nitrogen and oxygen atoms in total. The van der Waals surface area contributed by atoms with E-state index in [0.717, 1.165) is 0 Å². The van der Waals surface area contributed by atoms with Gasteiger partial charge in [-0.05, 0) is 30.9 Å². The van der Waals surface area contributed by atoms with Crippen LogP contribution in [0, 0.1) is 0 Å². The number of halogens is 2. The minimum atomic E-state index is -2.90. The van der Waals surface area contributed by atoms with E-state index in [1.807, 2.05) is 6.26 Å². The van der Waals surface area contributed by atoms with Gasteiger partial charge in [0.05, 0.1) is 12.7 Å². The molecule has 0 bridgehead atoms. The smallest absolute Gasteiger partial charge is 0.387 e. The molecular formula is C16H16F2N4O3S. The highest BCUT2D eigenvalue weighted by atomic mass is 32.2. The third-order valence-corrected chi connectivity index (χ3v) is 4.38. The Labute approximate surface area is 152 Å². The number of esters is 1. The van der Waals surface area contributed by atoms with Crippen LogP contribution in [0.25, 0.3) is 0 Å². The van der Waals surface area contributed by atoms with Gasteiger partial charge in [-0.15, -0.1) is 5.10 Å². The Bertz CT molecular complexity index is 852. The van der Waals surface area contributed by atoms with E-state index < -0.39 is 18.6 Å². The summed E-state index contributed by atoms with van der Waals surface area (Å²) in [6, 6.07) is 5.44. The molecule has 1 atom stereocenters. The lowest BCUT2D eigenvalue weighted by Crippen LogP contribution is -2.29. The lowest BCUT2D eigenvalue weighted by atomic mass is 9.96. The molecule has 0 radical (unpaired) electrons. The molecule has 0 fully saturated rings. The van der Waals surface area contributed by atoms with E-state index in [9.17, 15) is 13.6 Å². The van der Waals surface area contributed by atoms with Crippen molar-refractivity contribution in [2.24, 2.45) is 0 Å². The van der Waals surface area contributed by atoms with Crippen molar-refractivity contribution in [3.05, 3.63) is 41.1 Å². The molecule has 10 heteroatoms. The van der Waals surface area contributed by atoms with Crippen LogP contribution in [-0.2, 0) is 9.53 Å². The van der Waals surface area contributed by atoms with Crippen molar-refractivity contribution in [2.75, 3.05) is 18.7 Å². The summed E-state index contributed by atoms with van der Waals surface area (Å²) in [5.41, 5.74) is 1.61. The van der Waals surface area contributed by atoms with Crippen LogP contribution in [0.1, 0.15) is 18.5 Å².